The predicted octanol–water partition coefficient (Wildman–Crippen LogP) is 2.65. The molecule has 2 aromatic heterocycles. The Hall–Kier alpha value is -2.40. The molecule has 5 heteroatoms. The van der Waals surface area contributed by atoms with Crippen LogP contribution in [-0.2, 0) is 6.42 Å². The summed E-state index contributed by atoms with van der Waals surface area (Å²) in [5, 5.41) is 0. The fourth-order valence-electron chi connectivity index (χ4n) is 2.42. The van der Waals surface area contributed by atoms with Crippen LogP contribution in [0.2, 0.25) is 0 Å². The van der Waals surface area contributed by atoms with Gasteiger partial charge in [-0.3, -0.25) is 0 Å². The Bertz CT molecular complexity index is 765. The van der Waals surface area contributed by atoms with Crippen LogP contribution < -0.4 is 10.5 Å². The minimum absolute atomic E-state index is 0.292. The molecule has 0 aliphatic carbocycles. The van der Waals surface area contributed by atoms with Gasteiger partial charge in [0.05, 0.1) is 18.5 Å². The topological polar surface area (TPSA) is 52.5 Å². The molecule has 0 aliphatic heterocycles. The molecule has 1 aromatic carbocycles. The van der Waals surface area contributed by atoms with Crippen LogP contribution in [0.15, 0.2) is 42.6 Å². The minimum Gasteiger partial charge on any atom is -0.497 e. The molecule has 0 saturated heterocycles. The average molecular weight is 285 g/mol. The van der Waals surface area contributed by atoms with E-state index in [1.807, 2.05) is 24.3 Å². The highest BCUT2D eigenvalue weighted by Crippen LogP contribution is 2.26. The molecule has 3 aromatic rings. The fourth-order valence-corrected chi connectivity index (χ4v) is 2.42. The van der Waals surface area contributed by atoms with Crippen LogP contribution in [0.1, 0.15) is 5.69 Å². The highest BCUT2D eigenvalue weighted by molar-refractivity contribution is 5.67. The number of halogens is 1. The van der Waals surface area contributed by atoms with Gasteiger partial charge in [0.2, 0.25) is 0 Å². The van der Waals surface area contributed by atoms with Crippen molar-refractivity contribution in [2.75, 3.05) is 13.7 Å². The predicted molar refractivity (Wildman–Crippen MR) is 79.9 cm³/mol. The van der Waals surface area contributed by atoms with Crippen LogP contribution in [0.25, 0.3) is 16.9 Å². The first-order chi connectivity index (χ1) is 10.2. The van der Waals surface area contributed by atoms with Gasteiger partial charge in [-0.1, -0.05) is 0 Å². The smallest absolute Gasteiger partial charge is 0.139 e. The normalized spacial score (nSPS) is 11.0. The molecule has 0 fully saturated rings. The summed E-state index contributed by atoms with van der Waals surface area (Å²) >= 11 is 0. The van der Waals surface area contributed by atoms with Gasteiger partial charge in [0.15, 0.2) is 0 Å². The molecule has 0 amide bonds. The second-order valence-corrected chi connectivity index (χ2v) is 4.75. The van der Waals surface area contributed by atoms with E-state index in [1.54, 1.807) is 17.6 Å². The van der Waals surface area contributed by atoms with E-state index in [0.29, 0.717) is 18.6 Å². The first-order valence-electron chi connectivity index (χ1n) is 6.74. The van der Waals surface area contributed by atoms with Crippen LogP contribution >= 0.6 is 0 Å². The third-order valence-electron chi connectivity index (χ3n) is 3.43. The number of rotatable bonds is 4. The quantitative estimate of drug-likeness (QED) is 0.801. The van der Waals surface area contributed by atoms with E-state index in [4.69, 9.17) is 10.5 Å². The highest BCUT2D eigenvalue weighted by Gasteiger charge is 2.14. The van der Waals surface area contributed by atoms with Gasteiger partial charge in [-0.15, -0.1) is 0 Å². The number of nitrogens with two attached hydrogens (primary N) is 1. The van der Waals surface area contributed by atoms with E-state index in [1.165, 1.54) is 12.3 Å². The Labute approximate surface area is 122 Å². The number of hydrogen-bond acceptors (Lipinski definition) is 3. The summed E-state index contributed by atoms with van der Waals surface area (Å²) in [4.78, 5) is 4.60. The Morgan fingerprint density at radius 3 is 2.62 bits per heavy atom. The van der Waals surface area contributed by atoms with Crippen molar-refractivity contribution in [3.8, 4) is 17.0 Å². The molecule has 4 nitrogen and oxygen atoms in total. The third-order valence-corrected chi connectivity index (χ3v) is 3.43. The SMILES string of the molecule is COc1ccc(-c2nc3ccc(F)cn3c2CCN)cc1. The molecule has 0 saturated carbocycles. The van der Waals surface area contributed by atoms with E-state index in [9.17, 15) is 4.39 Å². The average Bonchev–Trinajstić information content (AvgIpc) is 2.86. The first kappa shape index (κ1) is 13.6. The van der Waals surface area contributed by atoms with Gasteiger partial charge < -0.3 is 14.9 Å². The van der Waals surface area contributed by atoms with Crippen molar-refractivity contribution in [2.24, 2.45) is 5.73 Å². The summed E-state index contributed by atoms with van der Waals surface area (Å²) in [5.74, 6) is 0.494. The van der Waals surface area contributed by atoms with Crippen LogP contribution in [0.3, 0.4) is 0 Å². The fraction of sp³-hybridized carbons (Fsp3) is 0.188. The molecular formula is C16H16FN3O. The van der Waals surface area contributed by atoms with Gasteiger partial charge in [0.25, 0.3) is 0 Å². The van der Waals surface area contributed by atoms with Crippen molar-refractivity contribution in [3.05, 3.63) is 54.1 Å². The van der Waals surface area contributed by atoms with Crippen LogP contribution in [0.4, 0.5) is 4.39 Å². The number of fused-ring (bicyclic) bond motifs is 1. The van der Waals surface area contributed by atoms with Gasteiger partial charge in [0.1, 0.15) is 17.2 Å². The van der Waals surface area contributed by atoms with Gasteiger partial charge >= 0.3 is 0 Å². The number of nitrogens with zero attached hydrogens (tertiary/aromatic N) is 2. The number of pyridine rings is 1. The van der Waals surface area contributed by atoms with Crippen molar-refractivity contribution in [3.63, 3.8) is 0 Å². The number of hydrogen-bond donors (Lipinski definition) is 1. The zero-order valence-electron chi connectivity index (χ0n) is 11.7. The van der Waals surface area contributed by atoms with Crippen molar-refractivity contribution in [2.45, 2.75) is 6.42 Å². The van der Waals surface area contributed by atoms with E-state index < -0.39 is 0 Å². The first-order valence-corrected chi connectivity index (χ1v) is 6.74. The number of aromatic nitrogens is 2. The lowest BCUT2D eigenvalue weighted by Crippen LogP contribution is -2.06. The Balaban J connectivity index is 2.17. The zero-order chi connectivity index (χ0) is 14.8. The highest BCUT2D eigenvalue weighted by atomic mass is 19.1. The van der Waals surface area contributed by atoms with E-state index in [-0.39, 0.29) is 5.82 Å². The van der Waals surface area contributed by atoms with E-state index in [0.717, 1.165) is 22.7 Å². The summed E-state index contributed by atoms with van der Waals surface area (Å²) in [6.07, 6.45) is 2.08. The van der Waals surface area contributed by atoms with Gasteiger partial charge in [0, 0.05) is 18.2 Å². The summed E-state index contributed by atoms with van der Waals surface area (Å²) in [6.45, 7) is 0.480. The second-order valence-electron chi connectivity index (χ2n) is 4.75. The molecule has 2 N–H and O–H groups in total. The molecule has 0 unspecified atom stereocenters. The molecule has 21 heavy (non-hydrogen) atoms. The monoisotopic (exact) mass is 285 g/mol. The lowest BCUT2D eigenvalue weighted by molar-refractivity contribution is 0.415. The van der Waals surface area contributed by atoms with E-state index >= 15 is 0 Å². The maximum Gasteiger partial charge on any atom is 0.139 e. The molecule has 0 aliphatic rings. The minimum atomic E-state index is -0.292. The maximum absolute atomic E-state index is 13.5. The maximum atomic E-state index is 13.5. The van der Waals surface area contributed by atoms with Crippen LogP contribution in [0, 0.1) is 5.82 Å². The zero-order valence-corrected chi connectivity index (χ0v) is 11.7. The van der Waals surface area contributed by atoms with Gasteiger partial charge in [-0.25, -0.2) is 9.37 Å². The lowest BCUT2D eigenvalue weighted by Gasteiger charge is -2.05. The van der Waals surface area contributed by atoms with Crippen molar-refractivity contribution < 1.29 is 9.13 Å². The molecule has 0 spiro atoms. The Morgan fingerprint density at radius 1 is 1.19 bits per heavy atom. The number of methoxy groups -OCH3 is 1. The number of ether oxygens (including phenoxy) is 1. The van der Waals surface area contributed by atoms with Crippen molar-refractivity contribution >= 4 is 5.65 Å². The van der Waals surface area contributed by atoms with Crippen LogP contribution in [-0.4, -0.2) is 23.0 Å². The molecule has 2 heterocycles. The van der Waals surface area contributed by atoms with Crippen molar-refractivity contribution in [1.82, 2.24) is 9.38 Å². The standard InChI is InChI=1S/C16H16FN3O/c1-21-13-5-2-11(3-6-13)16-14(8-9-18)20-10-12(17)4-7-15(20)19-16/h2-7,10H,8-9,18H2,1H3. The molecular weight excluding hydrogens is 269 g/mol. The van der Waals surface area contributed by atoms with E-state index in [2.05, 4.69) is 4.98 Å². The largest absolute Gasteiger partial charge is 0.497 e. The molecule has 108 valence electrons. The Morgan fingerprint density at radius 2 is 1.95 bits per heavy atom. The summed E-state index contributed by atoms with van der Waals surface area (Å²) < 4.78 is 20.4. The summed E-state index contributed by atoms with van der Waals surface area (Å²) in [7, 11) is 1.63. The second kappa shape index (κ2) is 5.54. The van der Waals surface area contributed by atoms with Gasteiger partial charge in [-0.2, -0.15) is 0 Å². The molecule has 0 bridgehead atoms. The molecule has 0 atom stereocenters. The van der Waals surface area contributed by atoms with Crippen LogP contribution in [0.5, 0.6) is 5.75 Å². The van der Waals surface area contributed by atoms with Gasteiger partial charge in [-0.05, 0) is 42.9 Å². The molecule has 3 rings (SSSR count). The third kappa shape index (κ3) is 2.48. The van der Waals surface area contributed by atoms with Crippen molar-refractivity contribution in [1.29, 1.82) is 0 Å². The summed E-state index contributed by atoms with van der Waals surface area (Å²) in [6, 6.07) is 10.7. The molecule has 0 radical (unpaired) electrons. The lowest BCUT2D eigenvalue weighted by atomic mass is 10.1. The number of benzene rings is 1. The number of imidazole rings is 1. The summed E-state index contributed by atoms with van der Waals surface area (Å²) in [5.41, 5.74) is 9.10. The Kier molecular flexibility index (Phi) is 3.58.